The zero-order valence-electron chi connectivity index (χ0n) is 17.3. The van der Waals surface area contributed by atoms with E-state index in [2.05, 4.69) is 10.6 Å². The number of fused-ring (bicyclic) bond motifs is 1. The highest BCUT2D eigenvalue weighted by Gasteiger charge is 2.18. The van der Waals surface area contributed by atoms with Gasteiger partial charge in [-0.1, -0.05) is 61.8 Å². The van der Waals surface area contributed by atoms with Crippen molar-refractivity contribution in [3.8, 4) is 0 Å². The lowest BCUT2D eigenvalue weighted by Crippen LogP contribution is -2.32. The molecule has 0 aliphatic heterocycles. The van der Waals surface area contributed by atoms with Crippen LogP contribution in [-0.4, -0.2) is 30.9 Å². The monoisotopic (exact) mass is 458 g/mol. The molecule has 3 aromatic rings. The molecule has 0 aliphatic carbocycles. The molecule has 162 valence electrons. The Labute approximate surface area is 189 Å². The van der Waals surface area contributed by atoms with Crippen molar-refractivity contribution in [1.29, 1.82) is 0 Å². The summed E-state index contributed by atoms with van der Waals surface area (Å²) >= 11 is 7.53. The Bertz CT molecular complexity index is 1100. The first-order chi connectivity index (χ1) is 14.9. The summed E-state index contributed by atoms with van der Waals surface area (Å²) in [7, 11) is 0. The maximum atomic E-state index is 12.4. The minimum absolute atomic E-state index is 0.330. The first-order valence-corrected chi connectivity index (χ1v) is 11.2. The van der Waals surface area contributed by atoms with Crippen LogP contribution in [0, 0.1) is 0 Å². The van der Waals surface area contributed by atoms with E-state index in [1.54, 1.807) is 0 Å². The molecule has 0 atom stereocenters. The summed E-state index contributed by atoms with van der Waals surface area (Å²) in [5.74, 6) is -1.60. The fraction of sp³-hybridized carbons (Fsp3) is 0.261. The third-order valence-electron chi connectivity index (χ3n) is 4.76. The van der Waals surface area contributed by atoms with Crippen LogP contribution in [-0.2, 0) is 27.2 Å². The maximum Gasteiger partial charge on any atom is 0.325 e. The lowest BCUT2D eigenvalue weighted by molar-refractivity contribution is -0.146. The van der Waals surface area contributed by atoms with Gasteiger partial charge in [-0.3, -0.25) is 14.4 Å². The van der Waals surface area contributed by atoms with E-state index in [9.17, 15) is 14.4 Å². The second-order valence-corrected chi connectivity index (χ2v) is 8.22. The number of carbonyl (C=O) groups is 3. The van der Waals surface area contributed by atoms with Crippen molar-refractivity contribution in [3.63, 3.8) is 0 Å². The van der Waals surface area contributed by atoms with Crippen molar-refractivity contribution in [2.45, 2.75) is 26.7 Å². The van der Waals surface area contributed by atoms with E-state index in [0.29, 0.717) is 9.90 Å². The van der Waals surface area contributed by atoms with E-state index in [0.717, 1.165) is 39.7 Å². The molecule has 0 aliphatic rings. The summed E-state index contributed by atoms with van der Waals surface area (Å²) in [6, 6.07) is 13.3. The number of para-hydroxylation sites is 1. The first-order valence-electron chi connectivity index (χ1n) is 9.96. The molecule has 3 rings (SSSR count). The van der Waals surface area contributed by atoms with Crippen LogP contribution in [0.5, 0.6) is 0 Å². The molecule has 1 aromatic heterocycles. The number of nitrogens with one attached hydrogen (secondary N) is 2. The minimum atomic E-state index is -0.708. The Morgan fingerprint density at radius 1 is 1.00 bits per heavy atom. The van der Waals surface area contributed by atoms with Crippen LogP contribution in [0.25, 0.3) is 10.1 Å². The predicted molar refractivity (Wildman–Crippen MR) is 124 cm³/mol. The number of benzene rings is 2. The largest absolute Gasteiger partial charge is 0.454 e. The molecule has 1 heterocycles. The van der Waals surface area contributed by atoms with Gasteiger partial charge in [-0.15, -0.1) is 11.3 Å². The van der Waals surface area contributed by atoms with Crippen molar-refractivity contribution in [2.24, 2.45) is 0 Å². The van der Waals surface area contributed by atoms with Gasteiger partial charge in [-0.2, -0.15) is 0 Å². The molecule has 8 heteroatoms. The lowest BCUT2D eigenvalue weighted by atomic mass is 10.0. The predicted octanol–water partition coefficient (Wildman–Crippen LogP) is 4.59. The summed E-state index contributed by atoms with van der Waals surface area (Å²) in [5, 5.41) is 6.46. The first kappa shape index (κ1) is 22.8. The van der Waals surface area contributed by atoms with Crippen LogP contribution in [0.1, 0.15) is 34.6 Å². The number of amides is 2. The molecule has 2 amide bonds. The second-order valence-electron chi connectivity index (χ2n) is 6.79. The number of thiophene rings is 1. The number of hydrogen-bond donors (Lipinski definition) is 2. The Balaban J connectivity index is 1.52. The molecule has 0 fully saturated rings. The zero-order chi connectivity index (χ0) is 22.4. The smallest absolute Gasteiger partial charge is 0.325 e. The molecule has 0 saturated heterocycles. The molecular formula is C23H23ClN2O4S. The number of ether oxygens (including phenoxy) is 1. The van der Waals surface area contributed by atoms with Crippen LogP contribution in [0.15, 0.2) is 42.5 Å². The number of aryl methyl sites for hydroxylation is 2. The molecule has 0 unspecified atom stereocenters. The highest BCUT2D eigenvalue weighted by atomic mass is 35.5. The van der Waals surface area contributed by atoms with Crippen LogP contribution in [0.3, 0.4) is 0 Å². The van der Waals surface area contributed by atoms with E-state index in [4.69, 9.17) is 16.3 Å². The van der Waals surface area contributed by atoms with Crippen LogP contribution in [0.4, 0.5) is 5.69 Å². The van der Waals surface area contributed by atoms with Gasteiger partial charge in [0.15, 0.2) is 6.61 Å². The topological polar surface area (TPSA) is 84.5 Å². The Hall–Kier alpha value is -2.90. The van der Waals surface area contributed by atoms with Gasteiger partial charge in [-0.25, -0.2) is 0 Å². The molecule has 0 radical (unpaired) electrons. The van der Waals surface area contributed by atoms with Gasteiger partial charge in [0.1, 0.15) is 11.4 Å². The number of rotatable bonds is 8. The zero-order valence-corrected chi connectivity index (χ0v) is 18.9. The third-order valence-corrected chi connectivity index (χ3v) is 6.44. The van der Waals surface area contributed by atoms with Gasteiger partial charge in [0.2, 0.25) is 0 Å². The number of carbonyl (C=O) groups excluding carboxylic acids is 3. The summed E-state index contributed by atoms with van der Waals surface area (Å²) < 4.78 is 5.89. The van der Waals surface area contributed by atoms with Gasteiger partial charge >= 0.3 is 5.97 Å². The van der Waals surface area contributed by atoms with Crippen molar-refractivity contribution in [3.05, 3.63) is 63.5 Å². The van der Waals surface area contributed by atoms with Crippen LogP contribution < -0.4 is 10.6 Å². The van der Waals surface area contributed by atoms with E-state index in [-0.39, 0.29) is 6.54 Å². The summed E-state index contributed by atoms with van der Waals surface area (Å²) in [5.41, 5.74) is 2.80. The Morgan fingerprint density at radius 3 is 2.32 bits per heavy atom. The molecule has 0 saturated carbocycles. The molecule has 31 heavy (non-hydrogen) atoms. The van der Waals surface area contributed by atoms with E-state index in [1.807, 2.05) is 56.3 Å². The SMILES string of the molecule is CCc1cccc(CC)c1NC(=O)COC(=O)CNC(=O)c1sc2ccccc2c1Cl. The van der Waals surface area contributed by atoms with Crippen molar-refractivity contribution in [1.82, 2.24) is 5.32 Å². The molecule has 0 spiro atoms. The summed E-state index contributed by atoms with van der Waals surface area (Å²) in [6.07, 6.45) is 1.55. The fourth-order valence-corrected chi connectivity index (χ4v) is 4.60. The highest BCUT2D eigenvalue weighted by molar-refractivity contribution is 7.21. The Morgan fingerprint density at radius 2 is 1.68 bits per heavy atom. The van der Waals surface area contributed by atoms with E-state index < -0.39 is 24.4 Å². The van der Waals surface area contributed by atoms with Gasteiger partial charge in [0, 0.05) is 15.8 Å². The van der Waals surface area contributed by atoms with Crippen molar-refractivity contribution < 1.29 is 19.1 Å². The number of hydrogen-bond acceptors (Lipinski definition) is 5. The Kier molecular flexibility index (Phi) is 7.65. The maximum absolute atomic E-state index is 12.4. The van der Waals surface area contributed by atoms with Gasteiger partial charge in [0.05, 0.1) is 5.02 Å². The van der Waals surface area contributed by atoms with Crippen LogP contribution >= 0.6 is 22.9 Å². The number of esters is 1. The molecule has 0 bridgehead atoms. The van der Waals surface area contributed by atoms with Crippen molar-refractivity contribution in [2.75, 3.05) is 18.5 Å². The molecule has 2 N–H and O–H groups in total. The number of anilines is 1. The average Bonchev–Trinajstić information content (AvgIpc) is 3.13. The molecule has 6 nitrogen and oxygen atoms in total. The molecular weight excluding hydrogens is 436 g/mol. The van der Waals surface area contributed by atoms with Gasteiger partial charge < -0.3 is 15.4 Å². The summed E-state index contributed by atoms with van der Waals surface area (Å²) in [6.45, 7) is 3.23. The average molecular weight is 459 g/mol. The quantitative estimate of drug-likeness (QED) is 0.483. The van der Waals surface area contributed by atoms with E-state index in [1.165, 1.54) is 11.3 Å². The van der Waals surface area contributed by atoms with Gasteiger partial charge in [0.25, 0.3) is 11.8 Å². The fourth-order valence-electron chi connectivity index (χ4n) is 3.17. The highest BCUT2D eigenvalue weighted by Crippen LogP contribution is 2.34. The van der Waals surface area contributed by atoms with Crippen molar-refractivity contribution >= 4 is 56.5 Å². The standard InChI is InChI=1S/C23H23ClN2O4S/c1-3-14-8-7-9-15(4-2)21(14)26-18(27)13-30-19(28)12-25-23(29)22-20(24)16-10-5-6-11-17(16)31-22/h5-11H,3-4,12-13H2,1-2H3,(H,25,29)(H,26,27). The second kappa shape index (κ2) is 10.4. The number of halogens is 1. The summed E-state index contributed by atoms with van der Waals surface area (Å²) in [4.78, 5) is 37.0. The normalized spacial score (nSPS) is 10.7. The minimum Gasteiger partial charge on any atom is -0.454 e. The third kappa shape index (κ3) is 5.42. The lowest BCUT2D eigenvalue weighted by Gasteiger charge is -2.14. The van der Waals surface area contributed by atoms with Crippen LogP contribution in [0.2, 0.25) is 5.02 Å². The molecule has 2 aromatic carbocycles. The van der Waals surface area contributed by atoms with Gasteiger partial charge in [-0.05, 0) is 30.0 Å². The van der Waals surface area contributed by atoms with E-state index >= 15 is 0 Å².